The zero-order valence-corrected chi connectivity index (χ0v) is 27.3. The number of benzene rings is 2. The molecule has 0 unspecified atom stereocenters. The highest BCUT2D eigenvalue weighted by atomic mass is 16.7. The van der Waals surface area contributed by atoms with Gasteiger partial charge in [0.25, 0.3) is 0 Å². The van der Waals surface area contributed by atoms with Crippen molar-refractivity contribution in [3.8, 4) is 17.2 Å². The number of carbonyl (C=O) groups is 3. The summed E-state index contributed by atoms with van der Waals surface area (Å²) < 4.78 is 28.2. The molecule has 0 fully saturated rings. The van der Waals surface area contributed by atoms with E-state index in [1.54, 1.807) is 84.0 Å². The quantitative estimate of drug-likeness (QED) is 0.0670. The Morgan fingerprint density at radius 2 is 1.34 bits per heavy atom. The second kappa shape index (κ2) is 15.9. The van der Waals surface area contributed by atoms with Crippen LogP contribution in [0.25, 0.3) is 6.08 Å². The average Bonchev–Trinajstić information content (AvgIpc) is 2.93. The van der Waals surface area contributed by atoms with Gasteiger partial charge < -0.3 is 23.7 Å². The van der Waals surface area contributed by atoms with Crippen LogP contribution in [0.3, 0.4) is 0 Å². The lowest BCUT2D eigenvalue weighted by molar-refractivity contribution is -0.160. The molecule has 238 valence electrons. The molecule has 2 rings (SSSR count). The fourth-order valence-corrected chi connectivity index (χ4v) is 3.81. The molecule has 0 amide bonds. The second-order valence-electron chi connectivity index (χ2n) is 12.5. The first kappa shape index (κ1) is 35.9. The Morgan fingerprint density at radius 1 is 0.795 bits per heavy atom. The summed E-state index contributed by atoms with van der Waals surface area (Å²) in [6.45, 7) is 21.7. The van der Waals surface area contributed by atoms with Gasteiger partial charge in [0.05, 0.1) is 16.9 Å². The van der Waals surface area contributed by atoms with E-state index >= 15 is 0 Å². The van der Waals surface area contributed by atoms with Gasteiger partial charge in [0.15, 0.2) is 5.78 Å². The monoisotopic (exact) mass is 606 g/mol. The number of hydrogen-bond donors (Lipinski definition) is 0. The van der Waals surface area contributed by atoms with Crippen molar-refractivity contribution in [3.05, 3.63) is 84.0 Å². The molecule has 0 saturated heterocycles. The molecule has 0 aliphatic heterocycles. The maximum absolute atomic E-state index is 13.1. The van der Waals surface area contributed by atoms with Crippen molar-refractivity contribution in [3.63, 3.8) is 0 Å². The highest BCUT2D eigenvalue weighted by molar-refractivity contribution is 6.07. The first-order valence-corrected chi connectivity index (χ1v) is 14.6. The molecule has 44 heavy (non-hydrogen) atoms. The zero-order chi connectivity index (χ0) is 33.1. The van der Waals surface area contributed by atoms with Crippen LogP contribution in [0.1, 0.15) is 82.4 Å². The van der Waals surface area contributed by atoms with E-state index in [0.29, 0.717) is 41.2 Å². The lowest BCUT2D eigenvalue weighted by Gasteiger charge is -2.23. The number of esters is 2. The second-order valence-corrected chi connectivity index (χ2v) is 12.5. The van der Waals surface area contributed by atoms with Crippen LogP contribution < -0.4 is 14.2 Å². The molecule has 0 N–H and O–H groups in total. The number of ether oxygens (including phenoxy) is 5. The summed E-state index contributed by atoms with van der Waals surface area (Å²) in [5, 5.41) is 0. The Kier molecular flexibility index (Phi) is 13.0. The van der Waals surface area contributed by atoms with Crippen LogP contribution in [0.5, 0.6) is 17.2 Å². The van der Waals surface area contributed by atoms with Crippen molar-refractivity contribution in [2.45, 2.75) is 74.3 Å². The fraction of sp³-hybridized carbons (Fsp3) is 0.417. The summed E-state index contributed by atoms with van der Waals surface area (Å²) in [7, 11) is 0. The van der Waals surface area contributed by atoms with E-state index in [4.69, 9.17) is 23.7 Å². The molecule has 2 aromatic rings. The van der Waals surface area contributed by atoms with Crippen LogP contribution in [-0.2, 0) is 31.9 Å². The smallest absolute Gasteiger partial charge is 0.314 e. The number of rotatable bonds is 15. The molecule has 0 radical (unpaired) electrons. The Hall–Kier alpha value is -4.33. The Balaban J connectivity index is 2.35. The standard InChI is InChI=1S/C36H46O8/c1-11-13-26-21-27(17-20-30(37)25-15-18-28(19-16-25)40-22-42-33(38)35(5,6)7)32(44-24(3)4)29(14-12-2)31(26)41-23-43-34(39)36(8,9)10/h11-12,15-21,24H,1-2,13-14,22-23H2,3-10H3. The zero-order valence-electron chi connectivity index (χ0n) is 27.3. The van der Waals surface area contributed by atoms with E-state index in [0.717, 1.165) is 11.1 Å². The van der Waals surface area contributed by atoms with Gasteiger partial charge >= 0.3 is 11.9 Å². The van der Waals surface area contributed by atoms with Gasteiger partial charge in [-0.05, 0) is 116 Å². The molecule has 0 atom stereocenters. The van der Waals surface area contributed by atoms with Crippen LogP contribution in [0.2, 0.25) is 0 Å². The minimum Gasteiger partial charge on any atom is -0.490 e. The SMILES string of the molecule is C=CCc1cc(C=CC(=O)c2ccc(OCOC(=O)C(C)(C)C)cc2)c(OC(C)C)c(CC=C)c1OCOC(=O)C(C)(C)C. The van der Waals surface area contributed by atoms with E-state index < -0.39 is 10.8 Å². The predicted octanol–water partition coefficient (Wildman–Crippen LogP) is 7.68. The van der Waals surface area contributed by atoms with Crippen molar-refractivity contribution in [2.24, 2.45) is 10.8 Å². The molecule has 8 nitrogen and oxygen atoms in total. The third-order valence-corrected chi connectivity index (χ3v) is 6.08. The highest BCUT2D eigenvalue weighted by Gasteiger charge is 2.25. The van der Waals surface area contributed by atoms with Gasteiger partial charge in [0.1, 0.15) is 17.2 Å². The van der Waals surface area contributed by atoms with Gasteiger partial charge in [-0.25, -0.2) is 0 Å². The van der Waals surface area contributed by atoms with Crippen molar-refractivity contribution >= 4 is 23.8 Å². The summed E-state index contributed by atoms with van der Waals surface area (Å²) in [5.41, 5.74) is 1.35. The van der Waals surface area contributed by atoms with Crippen molar-refractivity contribution in [2.75, 3.05) is 13.6 Å². The third kappa shape index (κ3) is 10.7. The molecular weight excluding hydrogens is 560 g/mol. The summed E-state index contributed by atoms with van der Waals surface area (Å²) in [5.74, 6) is 0.555. The first-order chi connectivity index (χ1) is 20.6. The lowest BCUT2D eigenvalue weighted by atomic mass is 9.97. The Bertz CT molecular complexity index is 1350. The minimum absolute atomic E-state index is 0.173. The van der Waals surface area contributed by atoms with Gasteiger partial charge in [-0.1, -0.05) is 12.2 Å². The van der Waals surface area contributed by atoms with Crippen LogP contribution in [0, 0.1) is 10.8 Å². The normalized spacial score (nSPS) is 11.7. The fourth-order valence-electron chi connectivity index (χ4n) is 3.81. The van der Waals surface area contributed by atoms with Crippen molar-refractivity contribution in [1.82, 2.24) is 0 Å². The maximum Gasteiger partial charge on any atom is 0.314 e. The number of allylic oxidation sites excluding steroid dienone is 3. The molecule has 0 saturated carbocycles. The highest BCUT2D eigenvalue weighted by Crippen LogP contribution is 2.39. The summed E-state index contributed by atoms with van der Waals surface area (Å²) in [4.78, 5) is 37.3. The van der Waals surface area contributed by atoms with E-state index in [2.05, 4.69) is 13.2 Å². The van der Waals surface area contributed by atoms with Crippen LogP contribution in [-0.4, -0.2) is 37.4 Å². The molecule has 0 spiro atoms. The average molecular weight is 607 g/mol. The molecule has 8 heteroatoms. The van der Waals surface area contributed by atoms with E-state index in [1.165, 1.54) is 6.08 Å². The number of carbonyl (C=O) groups excluding carboxylic acids is 3. The van der Waals surface area contributed by atoms with E-state index in [9.17, 15) is 14.4 Å². The predicted molar refractivity (Wildman–Crippen MR) is 172 cm³/mol. The summed E-state index contributed by atoms with van der Waals surface area (Å²) >= 11 is 0. The molecule has 0 heterocycles. The molecular formula is C36H46O8. The summed E-state index contributed by atoms with van der Waals surface area (Å²) in [6.07, 6.45) is 7.38. The van der Waals surface area contributed by atoms with Crippen molar-refractivity contribution < 1.29 is 38.1 Å². The van der Waals surface area contributed by atoms with Gasteiger partial charge in [-0.15, -0.1) is 13.2 Å². The molecule has 0 bridgehead atoms. The van der Waals surface area contributed by atoms with Crippen LogP contribution in [0.15, 0.2) is 61.7 Å². The Morgan fingerprint density at radius 3 is 1.84 bits per heavy atom. The number of ketones is 1. The van der Waals surface area contributed by atoms with Crippen LogP contribution in [0.4, 0.5) is 0 Å². The van der Waals surface area contributed by atoms with E-state index in [1.807, 2.05) is 19.9 Å². The summed E-state index contributed by atoms with van der Waals surface area (Å²) in [6, 6.07) is 8.44. The van der Waals surface area contributed by atoms with Gasteiger partial charge in [0.2, 0.25) is 13.6 Å². The third-order valence-electron chi connectivity index (χ3n) is 6.08. The minimum atomic E-state index is -0.668. The Labute approximate surface area is 261 Å². The van der Waals surface area contributed by atoms with E-state index in [-0.39, 0.29) is 37.4 Å². The lowest BCUT2D eigenvalue weighted by Crippen LogP contribution is -2.25. The van der Waals surface area contributed by atoms with Gasteiger partial charge in [0, 0.05) is 16.7 Å². The van der Waals surface area contributed by atoms with Gasteiger partial charge in [-0.3, -0.25) is 14.4 Å². The van der Waals surface area contributed by atoms with Crippen molar-refractivity contribution in [1.29, 1.82) is 0 Å². The maximum atomic E-state index is 13.1. The molecule has 0 aromatic heterocycles. The number of hydrogen-bond acceptors (Lipinski definition) is 8. The molecule has 0 aliphatic rings. The topological polar surface area (TPSA) is 97.4 Å². The largest absolute Gasteiger partial charge is 0.490 e. The molecule has 0 aliphatic carbocycles. The van der Waals surface area contributed by atoms with Crippen LogP contribution >= 0.6 is 0 Å². The first-order valence-electron chi connectivity index (χ1n) is 14.6. The molecule has 2 aromatic carbocycles. The van der Waals surface area contributed by atoms with Gasteiger partial charge in [-0.2, -0.15) is 0 Å².